The Balaban J connectivity index is 1.69. The van der Waals surface area contributed by atoms with Crippen molar-refractivity contribution in [3.63, 3.8) is 0 Å². The first-order valence-electron chi connectivity index (χ1n) is 6.82. The zero-order valence-corrected chi connectivity index (χ0v) is 11.2. The van der Waals surface area contributed by atoms with Crippen molar-refractivity contribution in [3.8, 4) is 5.75 Å². The maximum absolute atomic E-state index is 11.0. The van der Waals surface area contributed by atoms with Gasteiger partial charge < -0.3 is 10.5 Å². The minimum Gasteiger partial charge on any atom is -0.493 e. The Bertz CT molecular complexity index is 619. The first-order chi connectivity index (χ1) is 9.72. The first kappa shape index (κ1) is 12.7. The van der Waals surface area contributed by atoms with Crippen molar-refractivity contribution in [1.82, 2.24) is 0 Å². The average molecular weight is 267 g/mol. The third kappa shape index (κ3) is 2.67. The van der Waals surface area contributed by atoms with Crippen LogP contribution < -0.4 is 10.5 Å². The summed E-state index contributed by atoms with van der Waals surface area (Å²) in [5, 5.41) is 0. The number of rotatable bonds is 3. The Morgan fingerprint density at radius 3 is 2.65 bits per heavy atom. The average Bonchev–Trinajstić information content (AvgIpc) is 2.48. The van der Waals surface area contributed by atoms with Crippen molar-refractivity contribution in [2.24, 2.45) is 11.7 Å². The Morgan fingerprint density at radius 2 is 1.90 bits per heavy atom. The predicted molar refractivity (Wildman–Crippen MR) is 77.8 cm³/mol. The van der Waals surface area contributed by atoms with Gasteiger partial charge in [0.2, 0.25) is 5.91 Å². The molecule has 3 heteroatoms. The molecule has 0 saturated heterocycles. The monoisotopic (exact) mass is 267 g/mol. The summed E-state index contributed by atoms with van der Waals surface area (Å²) in [6, 6.07) is 15.7. The molecule has 3 rings (SSSR count). The summed E-state index contributed by atoms with van der Waals surface area (Å²) in [4.78, 5) is 11.0. The number of primary amides is 1. The summed E-state index contributed by atoms with van der Waals surface area (Å²) in [7, 11) is 0. The Morgan fingerprint density at radius 1 is 1.15 bits per heavy atom. The molecule has 0 bridgehead atoms. The molecule has 2 N–H and O–H groups in total. The molecule has 0 spiro atoms. The number of amides is 1. The molecule has 1 heterocycles. The zero-order valence-electron chi connectivity index (χ0n) is 11.2. The van der Waals surface area contributed by atoms with Crippen molar-refractivity contribution in [1.29, 1.82) is 0 Å². The predicted octanol–water partition coefficient (Wildman–Crippen LogP) is 2.58. The van der Waals surface area contributed by atoms with E-state index in [-0.39, 0.29) is 5.91 Å². The van der Waals surface area contributed by atoms with Gasteiger partial charge in [-0.2, -0.15) is 0 Å². The van der Waals surface area contributed by atoms with Crippen LogP contribution in [0.4, 0.5) is 0 Å². The van der Waals surface area contributed by atoms with Gasteiger partial charge in [-0.1, -0.05) is 30.3 Å². The molecule has 0 aliphatic carbocycles. The van der Waals surface area contributed by atoms with Gasteiger partial charge in [0.15, 0.2) is 0 Å². The van der Waals surface area contributed by atoms with Crippen LogP contribution in [0.15, 0.2) is 48.5 Å². The van der Waals surface area contributed by atoms with Crippen molar-refractivity contribution in [2.75, 3.05) is 6.61 Å². The fourth-order valence-corrected chi connectivity index (χ4v) is 2.66. The maximum atomic E-state index is 11.0. The highest BCUT2D eigenvalue weighted by atomic mass is 16.5. The van der Waals surface area contributed by atoms with Gasteiger partial charge in [0.1, 0.15) is 5.75 Å². The summed E-state index contributed by atoms with van der Waals surface area (Å²) in [6.45, 7) is 0.745. The molecule has 102 valence electrons. The molecule has 1 aliphatic rings. The van der Waals surface area contributed by atoms with Gasteiger partial charge in [-0.3, -0.25) is 4.79 Å². The lowest BCUT2D eigenvalue weighted by molar-refractivity contribution is 0.100. The van der Waals surface area contributed by atoms with Gasteiger partial charge in [0, 0.05) is 11.5 Å². The lowest BCUT2D eigenvalue weighted by Crippen LogP contribution is -2.22. The van der Waals surface area contributed by atoms with E-state index in [1.807, 2.05) is 30.3 Å². The molecule has 0 aromatic heterocycles. The lowest BCUT2D eigenvalue weighted by Gasteiger charge is -2.25. The number of ether oxygens (including phenoxy) is 1. The highest BCUT2D eigenvalue weighted by Gasteiger charge is 2.19. The second-order valence-electron chi connectivity index (χ2n) is 5.25. The van der Waals surface area contributed by atoms with E-state index in [0.29, 0.717) is 11.5 Å². The summed E-state index contributed by atoms with van der Waals surface area (Å²) in [5.74, 6) is 1.10. The van der Waals surface area contributed by atoms with E-state index in [9.17, 15) is 4.79 Å². The van der Waals surface area contributed by atoms with E-state index in [4.69, 9.17) is 10.5 Å². The van der Waals surface area contributed by atoms with Crippen LogP contribution in [-0.4, -0.2) is 12.5 Å². The molecule has 20 heavy (non-hydrogen) atoms. The van der Waals surface area contributed by atoms with E-state index in [1.165, 1.54) is 11.1 Å². The van der Waals surface area contributed by atoms with E-state index >= 15 is 0 Å². The Kier molecular flexibility index (Phi) is 3.42. The quantitative estimate of drug-likeness (QED) is 0.929. The summed E-state index contributed by atoms with van der Waals surface area (Å²) in [6.07, 6.45) is 1.99. The van der Waals surface area contributed by atoms with Crippen molar-refractivity contribution in [2.45, 2.75) is 12.8 Å². The van der Waals surface area contributed by atoms with Gasteiger partial charge in [-0.25, -0.2) is 0 Å². The fourth-order valence-electron chi connectivity index (χ4n) is 2.66. The van der Waals surface area contributed by atoms with E-state index < -0.39 is 0 Å². The molecule has 1 atom stereocenters. The topological polar surface area (TPSA) is 52.3 Å². The maximum Gasteiger partial charge on any atom is 0.248 e. The highest BCUT2D eigenvalue weighted by Crippen LogP contribution is 2.28. The van der Waals surface area contributed by atoms with Gasteiger partial charge in [-0.05, 0) is 42.2 Å². The Hall–Kier alpha value is -2.29. The minimum atomic E-state index is -0.383. The number of benzene rings is 2. The number of hydrogen-bond donors (Lipinski definition) is 1. The number of carbonyl (C=O) groups is 1. The number of fused-ring (bicyclic) bond motifs is 1. The lowest BCUT2D eigenvalue weighted by atomic mass is 9.91. The molecule has 0 unspecified atom stereocenters. The Labute approximate surface area is 118 Å². The second kappa shape index (κ2) is 5.37. The molecule has 1 amide bonds. The first-order valence-corrected chi connectivity index (χ1v) is 6.82. The van der Waals surface area contributed by atoms with Crippen LogP contribution in [-0.2, 0) is 12.8 Å². The molecule has 3 nitrogen and oxygen atoms in total. The van der Waals surface area contributed by atoms with E-state index in [0.717, 1.165) is 25.2 Å². The fraction of sp³-hybridized carbons (Fsp3) is 0.235. The van der Waals surface area contributed by atoms with Gasteiger partial charge in [-0.15, -0.1) is 0 Å². The van der Waals surface area contributed by atoms with Crippen molar-refractivity contribution >= 4 is 5.91 Å². The molecular weight excluding hydrogens is 250 g/mol. The molecule has 0 fully saturated rings. The number of hydrogen-bond acceptors (Lipinski definition) is 2. The molecule has 1 aliphatic heterocycles. The molecule has 2 aromatic carbocycles. The minimum absolute atomic E-state index is 0.383. The van der Waals surface area contributed by atoms with Crippen LogP contribution >= 0.6 is 0 Å². The van der Waals surface area contributed by atoms with Gasteiger partial charge >= 0.3 is 0 Å². The van der Waals surface area contributed by atoms with Crippen molar-refractivity contribution in [3.05, 3.63) is 65.2 Å². The van der Waals surface area contributed by atoms with Gasteiger partial charge in [0.25, 0.3) is 0 Å². The van der Waals surface area contributed by atoms with Crippen LogP contribution in [0.3, 0.4) is 0 Å². The number of carbonyl (C=O) groups excluding carboxylic acids is 1. The van der Waals surface area contributed by atoms with Crippen LogP contribution in [0, 0.1) is 5.92 Å². The van der Waals surface area contributed by atoms with Crippen LogP contribution in [0.1, 0.15) is 21.5 Å². The summed E-state index contributed by atoms with van der Waals surface area (Å²) < 4.78 is 5.80. The molecule has 0 radical (unpaired) electrons. The van der Waals surface area contributed by atoms with Crippen molar-refractivity contribution < 1.29 is 9.53 Å². The van der Waals surface area contributed by atoms with Gasteiger partial charge in [0.05, 0.1) is 6.61 Å². The van der Waals surface area contributed by atoms with E-state index in [1.54, 1.807) is 12.1 Å². The molecule has 2 aromatic rings. The van der Waals surface area contributed by atoms with E-state index in [2.05, 4.69) is 6.07 Å². The normalized spacial score (nSPS) is 17.1. The summed E-state index contributed by atoms with van der Waals surface area (Å²) in [5.41, 5.74) is 8.28. The summed E-state index contributed by atoms with van der Waals surface area (Å²) >= 11 is 0. The third-order valence-corrected chi connectivity index (χ3v) is 3.72. The van der Waals surface area contributed by atoms with Crippen LogP contribution in [0.5, 0.6) is 5.75 Å². The molecular formula is C17H17NO2. The standard InChI is InChI=1S/C17H17NO2/c18-17(19)14-7-5-12(6-8-14)9-13-10-15-3-1-2-4-16(15)20-11-13/h1-8,13H,9-11H2,(H2,18,19)/t13-/m1/s1. The van der Waals surface area contributed by atoms with Crippen LogP contribution in [0.25, 0.3) is 0 Å². The molecule has 0 saturated carbocycles. The largest absolute Gasteiger partial charge is 0.493 e. The van der Waals surface area contributed by atoms with Crippen LogP contribution in [0.2, 0.25) is 0 Å². The smallest absolute Gasteiger partial charge is 0.248 e. The number of nitrogens with two attached hydrogens (primary N) is 1. The number of para-hydroxylation sites is 1. The second-order valence-corrected chi connectivity index (χ2v) is 5.25. The zero-order chi connectivity index (χ0) is 13.9. The third-order valence-electron chi connectivity index (χ3n) is 3.72. The SMILES string of the molecule is NC(=O)c1ccc(C[C@H]2COc3ccccc3C2)cc1. The highest BCUT2D eigenvalue weighted by molar-refractivity contribution is 5.92.